The SMILES string of the molecule is N#CC1(NC(=O)C=Cc2ccc(F)cc2)CCSC1. The average Bonchev–Trinajstić information content (AvgIpc) is 2.87. The summed E-state index contributed by atoms with van der Waals surface area (Å²) in [7, 11) is 0. The number of thioether (sulfide) groups is 1. The van der Waals surface area contributed by atoms with E-state index in [0.29, 0.717) is 12.2 Å². The van der Waals surface area contributed by atoms with E-state index in [1.165, 1.54) is 18.2 Å². The van der Waals surface area contributed by atoms with Crippen LogP contribution in [-0.4, -0.2) is 23.0 Å². The monoisotopic (exact) mass is 276 g/mol. The Balaban J connectivity index is 1.98. The molecule has 98 valence electrons. The van der Waals surface area contributed by atoms with Crippen molar-refractivity contribution < 1.29 is 9.18 Å². The Morgan fingerprint density at radius 3 is 2.79 bits per heavy atom. The molecule has 1 atom stereocenters. The summed E-state index contributed by atoms with van der Waals surface area (Å²) in [5, 5.41) is 11.9. The molecule has 0 aliphatic carbocycles. The third-order valence-corrected chi connectivity index (χ3v) is 4.09. The molecule has 0 spiro atoms. The van der Waals surface area contributed by atoms with E-state index >= 15 is 0 Å². The molecular weight excluding hydrogens is 263 g/mol. The van der Waals surface area contributed by atoms with Crippen molar-refractivity contribution in [2.75, 3.05) is 11.5 Å². The minimum Gasteiger partial charge on any atom is -0.333 e. The number of rotatable bonds is 3. The summed E-state index contributed by atoms with van der Waals surface area (Å²) in [5.74, 6) is 0.899. The van der Waals surface area contributed by atoms with Crippen LogP contribution >= 0.6 is 11.8 Å². The first kappa shape index (κ1) is 13.6. The molecule has 1 aliphatic rings. The van der Waals surface area contributed by atoms with Crippen LogP contribution in [-0.2, 0) is 4.79 Å². The van der Waals surface area contributed by atoms with E-state index in [9.17, 15) is 9.18 Å². The topological polar surface area (TPSA) is 52.9 Å². The van der Waals surface area contributed by atoms with Crippen molar-refractivity contribution in [3.05, 3.63) is 41.7 Å². The summed E-state index contributed by atoms with van der Waals surface area (Å²) in [6, 6.07) is 8.02. The standard InChI is InChI=1S/C14H13FN2OS/c15-12-4-1-11(2-5-12)3-6-13(18)17-14(9-16)7-8-19-10-14/h1-6H,7-8,10H2,(H,17,18). The van der Waals surface area contributed by atoms with Gasteiger partial charge < -0.3 is 5.32 Å². The molecule has 1 aliphatic heterocycles. The highest BCUT2D eigenvalue weighted by atomic mass is 32.2. The van der Waals surface area contributed by atoms with Gasteiger partial charge in [-0.05, 0) is 35.9 Å². The number of nitrogens with zero attached hydrogens (tertiary/aromatic N) is 1. The third-order valence-electron chi connectivity index (χ3n) is 2.90. The van der Waals surface area contributed by atoms with E-state index < -0.39 is 5.54 Å². The second-order valence-electron chi connectivity index (χ2n) is 4.37. The minimum atomic E-state index is -0.741. The van der Waals surface area contributed by atoms with Gasteiger partial charge in [0.1, 0.15) is 11.4 Å². The summed E-state index contributed by atoms with van der Waals surface area (Å²) < 4.78 is 12.7. The maximum absolute atomic E-state index is 12.7. The van der Waals surface area contributed by atoms with E-state index in [-0.39, 0.29) is 11.7 Å². The lowest BCUT2D eigenvalue weighted by Gasteiger charge is -2.19. The summed E-state index contributed by atoms with van der Waals surface area (Å²) in [5.41, 5.74) is -0.00197. The van der Waals surface area contributed by atoms with Crippen LogP contribution in [0.4, 0.5) is 4.39 Å². The summed E-state index contributed by atoms with van der Waals surface area (Å²) in [4.78, 5) is 11.8. The lowest BCUT2D eigenvalue weighted by molar-refractivity contribution is -0.117. The summed E-state index contributed by atoms with van der Waals surface area (Å²) in [6.45, 7) is 0. The molecule has 1 unspecified atom stereocenters. The van der Waals surface area contributed by atoms with E-state index in [1.807, 2.05) is 0 Å². The predicted molar refractivity (Wildman–Crippen MR) is 73.9 cm³/mol. The number of nitrogens with one attached hydrogen (secondary N) is 1. The molecule has 1 heterocycles. The molecule has 0 bridgehead atoms. The normalized spacial score (nSPS) is 22.3. The number of nitriles is 1. The highest BCUT2D eigenvalue weighted by Crippen LogP contribution is 2.27. The van der Waals surface area contributed by atoms with Crippen molar-refractivity contribution in [3.63, 3.8) is 0 Å². The number of benzene rings is 1. The Kier molecular flexibility index (Phi) is 4.23. The highest BCUT2D eigenvalue weighted by Gasteiger charge is 2.35. The molecule has 1 fully saturated rings. The Labute approximate surface area is 115 Å². The molecule has 3 nitrogen and oxygen atoms in total. The van der Waals surface area contributed by atoms with Gasteiger partial charge in [-0.15, -0.1) is 0 Å². The van der Waals surface area contributed by atoms with Crippen LogP contribution in [0.2, 0.25) is 0 Å². The van der Waals surface area contributed by atoms with Crippen molar-refractivity contribution in [2.24, 2.45) is 0 Å². The molecular formula is C14H13FN2OS. The van der Waals surface area contributed by atoms with Crippen molar-refractivity contribution >= 4 is 23.7 Å². The van der Waals surface area contributed by atoms with Gasteiger partial charge in [0, 0.05) is 11.8 Å². The molecule has 1 saturated heterocycles. The highest BCUT2D eigenvalue weighted by molar-refractivity contribution is 7.99. The van der Waals surface area contributed by atoms with Gasteiger partial charge >= 0.3 is 0 Å². The number of carbonyl (C=O) groups excluding carboxylic acids is 1. The molecule has 5 heteroatoms. The summed E-state index contributed by atoms with van der Waals surface area (Å²) in [6.07, 6.45) is 3.64. The molecule has 0 aromatic heterocycles. The van der Waals surface area contributed by atoms with E-state index in [1.54, 1.807) is 30.0 Å². The fourth-order valence-electron chi connectivity index (χ4n) is 1.80. The van der Waals surface area contributed by atoms with E-state index in [0.717, 1.165) is 11.3 Å². The van der Waals surface area contributed by atoms with Crippen molar-refractivity contribution in [2.45, 2.75) is 12.0 Å². The molecule has 0 saturated carbocycles. The largest absolute Gasteiger partial charge is 0.333 e. The number of hydrogen-bond donors (Lipinski definition) is 1. The first-order valence-electron chi connectivity index (χ1n) is 5.88. The van der Waals surface area contributed by atoms with Gasteiger partial charge in [0.2, 0.25) is 5.91 Å². The Bertz CT molecular complexity index is 527. The van der Waals surface area contributed by atoms with Crippen molar-refractivity contribution in [1.29, 1.82) is 5.26 Å². The van der Waals surface area contributed by atoms with Crippen LogP contribution in [0.3, 0.4) is 0 Å². The maximum atomic E-state index is 12.7. The fourth-order valence-corrected chi connectivity index (χ4v) is 3.07. The van der Waals surface area contributed by atoms with Crippen LogP contribution < -0.4 is 5.32 Å². The molecule has 0 radical (unpaired) electrons. The second-order valence-corrected chi connectivity index (χ2v) is 5.48. The number of halogens is 1. The van der Waals surface area contributed by atoms with E-state index in [4.69, 9.17) is 5.26 Å². The molecule has 2 rings (SSSR count). The third kappa shape index (κ3) is 3.58. The van der Waals surface area contributed by atoms with Crippen LogP contribution in [0.1, 0.15) is 12.0 Å². The van der Waals surface area contributed by atoms with Crippen LogP contribution in [0, 0.1) is 17.1 Å². The maximum Gasteiger partial charge on any atom is 0.245 e. The first-order chi connectivity index (χ1) is 9.13. The Morgan fingerprint density at radius 1 is 1.47 bits per heavy atom. The van der Waals surface area contributed by atoms with Gasteiger partial charge in [0.05, 0.1) is 6.07 Å². The number of hydrogen-bond acceptors (Lipinski definition) is 3. The van der Waals surface area contributed by atoms with Crippen LogP contribution in [0.5, 0.6) is 0 Å². The zero-order valence-corrected chi connectivity index (χ0v) is 11.0. The Morgan fingerprint density at radius 2 is 2.21 bits per heavy atom. The molecule has 1 N–H and O–H groups in total. The van der Waals surface area contributed by atoms with Gasteiger partial charge in [-0.25, -0.2) is 4.39 Å². The van der Waals surface area contributed by atoms with E-state index in [2.05, 4.69) is 11.4 Å². The lowest BCUT2D eigenvalue weighted by Crippen LogP contribution is -2.46. The quantitative estimate of drug-likeness (QED) is 0.862. The van der Waals surface area contributed by atoms with Crippen LogP contribution in [0.15, 0.2) is 30.3 Å². The molecule has 19 heavy (non-hydrogen) atoms. The fraction of sp³-hybridized carbons (Fsp3) is 0.286. The van der Waals surface area contributed by atoms with Gasteiger partial charge in [-0.3, -0.25) is 4.79 Å². The lowest BCUT2D eigenvalue weighted by atomic mass is 10.0. The summed E-state index contributed by atoms with van der Waals surface area (Å²) >= 11 is 1.66. The zero-order chi connectivity index (χ0) is 13.7. The molecule has 1 amide bonds. The zero-order valence-electron chi connectivity index (χ0n) is 10.2. The van der Waals surface area contributed by atoms with Crippen LogP contribution in [0.25, 0.3) is 6.08 Å². The van der Waals surface area contributed by atoms with Gasteiger partial charge in [0.15, 0.2) is 0 Å². The average molecular weight is 276 g/mol. The second kappa shape index (κ2) is 5.89. The van der Waals surface area contributed by atoms with Crippen molar-refractivity contribution in [1.82, 2.24) is 5.32 Å². The predicted octanol–water partition coefficient (Wildman–Crippen LogP) is 2.35. The molecule has 1 aromatic rings. The van der Waals surface area contributed by atoms with Crippen molar-refractivity contribution in [3.8, 4) is 6.07 Å². The minimum absolute atomic E-state index is 0.298. The first-order valence-corrected chi connectivity index (χ1v) is 7.04. The Hall–Kier alpha value is -1.80. The van der Waals surface area contributed by atoms with Gasteiger partial charge in [-0.1, -0.05) is 12.1 Å². The molecule has 1 aromatic carbocycles. The number of carbonyl (C=O) groups is 1. The van der Waals surface area contributed by atoms with Gasteiger partial charge in [0.25, 0.3) is 0 Å². The smallest absolute Gasteiger partial charge is 0.245 e. The number of amides is 1. The van der Waals surface area contributed by atoms with Gasteiger partial charge in [-0.2, -0.15) is 17.0 Å².